The van der Waals surface area contributed by atoms with Gasteiger partial charge in [-0.3, -0.25) is 4.79 Å². The van der Waals surface area contributed by atoms with Crippen molar-refractivity contribution in [2.75, 3.05) is 5.32 Å². The van der Waals surface area contributed by atoms with Gasteiger partial charge in [0.25, 0.3) is 5.91 Å². The zero-order valence-corrected chi connectivity index (χ0v) is 13.0. The number of nitrogens with one attached hydrogen (secondary N) is 1. The SMILES string of the molecule is O=C(Nc1ccccc1OC(F)F)c1cc(S)ccc1Br. The van der Waals surface area contributed by atoms with Crippen LogP contribution in [0.25, 0.3) is 0 Å². The number of alkyl halides is 2. The van der Waals surface area contributed by atoms with Crippen LogP contribution in [0.3, 0.4) is 0 Å². The molecule has 2 aromatic rings. The quantitative estimate of drug-likeness (QED) is 0.769. The number of amides is 1. The van der Waals surface area contributed by atoms with Gasteiger partial charge in [-0.1, -0.05) is 12.1 Å². The molecule has 0 aromatic heterocycles. The van der Waals surface area contributed by atoms with E-state index in [9.17, 15) is 13.6 Å². The number of anilines is 1. The Morgan fingerprint density at radius 2 is 1.95 bits per heavy atom. The Morgan fingerprint density at radius 3 is 2.67 bits per heavy atom. The molecule has 7 heteroatoms. The van der Waals surface area contributed by atoms with Crippen LogP contribution in [0, 0.1) is 0 Å². The third kappa shape index (κ3) is 4.18. The fraction of sp³-hybridized carbons (Fsp3) is 0.0714. The second kappa shape index (κ2) is 6.91. The van der Waals surface area contributed by atoms with Gasteiger partial charge in [0.05, 0.1) is 11.3 Å². The summed E-state index contributed by atoms with van der Waals surface area (Å²) in [5.41, 5.74) is 0.508. The van der Waals surface area contributed by atoms with E-state index in [2.05, 4.69) is 38.6 Å². The molecule has 0 aliphatic heterocycles. The highest BCUT2D eigenvalue weighted by atomic mass is 79.9. The lowest BCUT2D eigenvalue weighted by molar-refractivity contribution is -0.0493. The van der Waals surface area contributed by atoms with Crippen LogP contribution < -0.4 is 10.1 Å². The number of para-hydroxylation sites is 2. The zero-order valence-electron chi connectivity index (χ0n) is 10.5. The van der Waals surface area contributed by atoms with E-state index in [1.165, 1.54) is 18.2 Å². The molecule has 0 spiro atoms. The Morgan fingerprint density at radius 1 is 1.24 bits per heavy atom. The molecule has 21 heavy (non-hydrogen) atoms. The van der Waals surface area contributed by atoms with E-state index in [-0.39, 0.29) is 11.4 Å². The van der Waals surface area contributed by atoms with E-state index >= 15 is 0 Å². The number of carbonyl (C=O) groups is 1. The van der Waals surface area contributed by atoms with Crippen LogP contribution in [0.5, 0.6) is 5.75 Å². The van der Waals surface area contributed by atoms with Crippen molar-refractivity contribution in [1.82, 2.24) is 0 Å². The van der Waals surface area contributed by atoms with Crippen molar-refractivity contribution in [3.63, 3.8) is 0 Å². The van der Waals surface area contributed by atoms with Crippen LogP contribution in [0.15, 0.2) is 51.8 Å². The molecule has 0 saturated carbocycles. The van der Waals surface area contributed by atoms with Crippen LogP contribution in [0.2, 0.25) is 0 Å². The highest BCUT2D eigenvalue weighted by Gasteiger charge is 2.14. The maximum atomic E-state index is 12.3. The van der Waals surface area contributed by atoms with Crippen LogP contribution >= 0.6 is 28.6 Å². The highest BCUT2D eigenvalue weighted by molar-refractivity contribution is 9.10. The molecule has 1 N–H and O–H groups in total. The lowest BCUT2D eigenvalue weighted by Gasteiger charge is -2.12. The molecule has 0 heterocycles. The molecule has 1 amide bonds. The van der Waals surface area contributed by atoms with Crippen molar-refractivity contribution in [1.29, 1.82) is 0 Å². The van der Waals surface area contributed by atoms with E-state index in [4.69, 9.17) is 0 Å². The molecular formula is C14H10BrF2NO2S. The van der Waals surface area contributed by atoms with Crippen molar-refractivity contribution < 1.29 is 18.3 Å². The van der Waals surface area contributed by atoms with E-state index < -0.39 is 12.5 Å². The summed E-state index contributed by atoms with van der Waals surface area (Å²) < 4.78 is 29.6. The lowest BCUT2D eigenvalue weighted by atomic mass is 10.2. The normalized spacial score (nSPS) is 10.5. The predicted octanol–water partition coefficient (Wildman–Crippen LogP) is 4.59. The standard InChI is InChI=1S/C14H10BrF2NO2S/c15-10-6-5-8(21)7-9(10)13(19)18-11-3-1-2-4-12(11)20-14(16)17/h1-7,14,21H,(H,18,19). The zero-order chi connectivity index (χ0) is 15.4. The lowest BCUT2D eigenvalue weighted by Crippen LogP contribution is -2.14. The fourth-order valence-electron chi connectivity index (χ4n) is 1.65. The molecule has 0 saturated heterocycles. The Kier molecular flexibility index (Phi) is 5.19. The Hall–Kier alpha value is -1.60. The summed E-state index contributed by atoms with van der Waals surface area (Å²) in [6.07, 6.45) is 0. The van der Waals surface area contributed by atoms with Crippen molar-refractivity contribution >= 4 is 40.2 Å². The second-order valence-electron chi connectivity index (χ2n) is 3.99. The molecule has 0 radical (unpaired) electrons. The molecule has 0 fully saturated rings. The smallest absolute Gasteiger partial charge is 0.387 e. The first kappa shape index (κ1) is 15.8. The molecule has 3 nitrogen and oxygen atoms in total. The number of benzene rings is 2. The van der Waals surface area contributed by atoms with Gasteiger partial charge in [-0.15, -0.1) is 12.6 Å². The first-order valence-corrected chi connectivity index (χ1v) is 7.05. The van der Waals surface area contributed by atoms with Crippen LogP contribution in [-0.2, 0) is 0 Å². The first-order chi connectivity index (χ1) is 9.97. The summed E-state index contributed by atoms with van der Waals surface area (Å²) in [5, 5.41) is 2.54. The largest absolute Gasteiger partial charge is 0.433 e. The number of carbonyl (C=O) groups excluding carboxylic acids is 1. The van der Waals surface area contributed by atoms with Gasteiger partial charge in [-0.2, -0.15) is 8.78 Å². The topological polar surface area (TPSA) is 38.3 Å². The summed E-state index contributed by atoms with van der Waals surface area (Å²) in [6.45, 7) is -2.96. The van der Waals surface area contributed by atoms with Crippen LogP contribution in [0.4, 0.5) is 14.5 Å². The molecule has 0 atom stereocenters. The molecule has 2 aromatic carbocycles. The van der Waals surface area contributed by atoms with Crippen molar-refractivity contribution in [3.05, 3.63) is 52.5 Å². The van der Waals surface area contributed by atoms with Gasteiger partial charge < -0.3 is 10.1 Å². The van der Waals surface area contributed by atoms with Crippen molar-refractivity contribution in [3.8, 4) is 5.75 Å². The van der Waals surface area contributed by atoms with E-state index in [1.54, 1.807) is 24.3 Å². The molecule has 0 bridgehead atoms. The van der Waals surface area contributed by atoms with Crippen molar-refractivity contribution in [2.45, 2.75) is 11.5 Å². The van der Waals surface area contributed by atoms with Gasteiger partial charge in [0.2, 0.25) is 0 Å². The van der Waals surface area contributed by atoms with E-state index in [0.717, 1.165) is 0 Å². The number of thiol groups is 1. The van der Waals surface area contributed by atoms with Gasteiger partial charge in [-0.05, 0) is 46.3 Å². The summed E-state index contributed by atoms with van der Waals surface area (Å²) in [4.78, 5) is 12.8. The number of rotatable bonds is 4. The maximum absolute atomic E-state index is 12.3. The van der Waals surface area contributed by atoms with E-state index in [0.29, 0.717) is 14.9 Å². The summed E-state index contributed by atoms with van der Waals surface area (Å²) in [6, 6.07) is 10.9. The van der Waals surface area contributed by atoms with Gasteiger partial charge in [-0.25, -0.2) is 0 Å². The highest BCUT2D eigenvalue weighted by Crippen LogP contribution is 2.27. The first-order valence-electron chi connectivity index (χ1n) is 5.81. The predicted molar refractivity (Wildman–Crippen MR) is 82.4 cm³/mol. The molecule has 0 aliphatic rings. The van der Waals surface area contributed by atoms with Gasteiger partial charge in [0.1, 0.15) is 5.75 Å². The molecule has 0 unspecified atom stereocenters. The number of ether oxygens (including phenoxy) is 1. The van der Waals surface area contributed by atoms with Crippen molar-refractivity contribution in [2.24, 2.45) is 0 Å². The monoisotopic (exact) mass is 373 g/mol. The number of hydrogen-bond donors (Lipinski definition) is 2. The minimum absolute atomic E-state index is 0.0981. The number of halogens is 3. The minimum Gasteiger partial charge on any atom is -0.433 e. The summed E-state index contributed by atoms with van der Waals surface area (Å²) in [5.74, 6) is -0.554. The second-order valence-corrected chi connectivity index (χ2v) is 5.36. The molecule has 110 valence electrons. The average molecular weight is 374 g/mol. The van der Waals surface area contributed by atoms with Crippen LogP contribution in [-0.4, -0.2) is 12.5 Å². The number of hydrogen-bond acceptors (Lipinski definition) is 3. The van der Waals surface area contributed by atoms with Gasteiger partial charge in [0, 0.05) is 9.37 Å². The minimum atomic E-state index is -2.96. The average Bonchev–Trinajstić information content (AvgIpc) is 2.43. The Bertz CT molecular complexity index is 667. The third-order valence-electron chi connectivity index (χ3n) is 2.55. The fourth-order valence-corrected chi connectivity index (χ4v) is 2.28. The summed E-state index contributed by atoms with van der Waals surface area (Å²) >= 11 is 7.42. The molecular weight excluding hydrogens is 364 g/mol. The van der Waals surface area contributed by atoms with E-state index in [1.807, 2.05) is 0 Å². The third-order valence-corrected chi connectivity index (χ3v) is 3.52. The Balaban J connectivity index is 2.25. The maximum Gasteiger partial charge on any atom is 0.387 e. The Labute approximate surface area is 133 Å². The van der Waals surface area contributed by atoms with Gasteiger partial charge >= 0.3 is 6.61 Å². The summed E-state index contributed by atoms with van der Waals surface area (Å²) in [7, 11) is 0. The van der Waals surface area contributed by atoms with Crippen LogP contribution in [0.1, 0.15) is 10.4 Å². The molecule has 2 rings (SSSR count). The van der Waals surface area contributed by atoms with Gasteiger partial charge in [0.15, 0.2) is 0 Å². The molecule has 0 aliphatic carbocycles.